The van der Waals surface area contributed by atoms with E-state index in [1.807, 2.05) is 6.07 Å². The van der Waals surface area contributed by atoms with Crippen LogP contribution >= 0.6 is 11.6 Å². The van der Waals surface area contributed by atoms with E-state index in [1.54, 1.807) is 49.4 Å². The van der Waals surface area contributed by atoms with Crippen molar-refractivity contribution in [3.63, 3.8) is 0 Å². The molecule has 138 valence electrons. The molecule has 0 amide bonds. The molecular formula is C21H13ClN2O4. The summed E-state index contributed by atoms with van der Waals surface area (Å²) in [6.07, 6.45) is 0. The second-order valence-electron chi connectivity index (χ2n) is 6.56. The van der Waals surface area contributed by atoms with E-state index < -0.39 is 11.5 Å². The number of benzene rings is 2. The highest BCUT2D eigenvalue weighted by atomic mass is 35.5. The van der Waals surface area contributed by atoms with Gasteiger partial charge in [0, 0.05) is 5.02 Å². The molecule has 5 rings (SSSR count). The summed E-state index contributed by atoms with van der Waals surface area (Å²) in [6.45, 7) is 1.67. The van der Waals surface area contributed by atoms with Gasteiger partial charge in [-0.15, -0.1) is 0 Å². The molecule has 1 aliphatic heterocycles. The monoisotopic (exact) mass is 392 g/mol. The number of fused-ring (bicyclic) bond motifs is 4. The summed E-state index contributed by atoms with van der Waals surface area (Å²) < 4.78 is 11.5. The Balaban J connectivity index is 1.95. The predicted octanol–water partition coefficient (Wildman–Crippen LogP) is 4.12. The Labute approximate surface area is 163 Å². The number of aromatic nitrogens is 2. The molecule has 0 bridgehead atoms. The average Bonchev–Trinajstić information content (AvgIpc) is 2.67. The Morgan fingerprint density at radius 3 is 2.61 bits per heavy atom. The fraction of sp³-hybridized carbons (Fsp3) is 0.0952. The number of H-pyrrole nitrogens is 1. The predicted molar refractivity (Wildman–Crippen MR) is 105 cm³/mol. The molecular weight excluding hydrogens is 380 g/mol. The molecule has 0 spiro atoms. The van der Waals surface area contributed by atoms with Crippen molar-refractivity contribution in [1.82, 2.24) is 9.97 Å². The van der Waals surface area contributed by atoms with Gasteiger partial charge in [-0.05, 0) is 30.7 Å². The van der Waals surface area contributed by atoms with Gasteiger partial charge in [0.1, 0.15) is 11.4 Å². The van der Waals surface area contributed by atoms with Crippen molar-refractivity contribution >= 4 is 22.6 Å². The fourth-order valence-electron chi connectivity index (χ4n) is 3.66. The van der Waals surface area contributed by atoms with Crippen LogP contribution in [-0.2, 0) is 0 Å². The van der Waals surface area contributed by atoms with E-state index >= 15 is 0 Å². The van der Waals surface area contributed by atoms with Crippen molar-refractivity contribution in [3.05, 3.63) is 96.8 Å². The number of aromatic amines is 1. The summed E-state index contributed by atoms with van der Waals surface area (Å²) in [5.41, 5.74) is 0.502. The lowest BCUT2D eigenvalue weighted by Crippen LogP contribution is -2.28. The number of nitrogens with one attached hydrogen (secondary N) is 1. The molecule has 1 aliphatic rings. The highest BCUT2D eigenvalue weighted by molar-refractivity contribution is 6.31. The molecule has 0 fully saturated rings. The van der Waals surface area contributed by atoms with Gasteiger partial charge in [-0.25, -0.2) is 4.79 Å². The van der Waals surface area contributed by atoms with Gasteiger partial charge < -0.3 is 14.1 Å². The molecule has 4 aromatic rings. The van der Waals surface area contributed by atoms with Crippen LogP contribution in [0, 0.1) is 6.92 Å². The first-order chi connectivity index (χ1) is 13.5. The quantitative estimate of drug-likeness (QED) is 0.434. The van der Waals surface area contributed by atoms with Gasteiger partial charge in [0.05, 0.1) is 22.4 Å². The average molecular weight is 393 g/mol. The van der Waals surface area contributed by atoms with Crippen molar-refractivity contribution in [2.45, 2.75) is 12.8 Å². The number of rotatable bonds is 1. The Morgan fingerprint density at radius 1 is 1.04 bits per heavy atom. The smallest absolute Gasteiger partial charge is 0.344 e. The summed E-state index contributed by atoms with van der Waals surface area (Å²) in [5, 5.41) is 1.05. The van der Waals surface area contributed by atoms with Crippen LogP contribution in [0.2, 0.25) is 5.02 Å². The van der Waals surface area contributed by atoms with Gasteiger partial charge in [-0.2, -0.15) is 4.98 Å². The number of hydrogen-bond acceptors (Lipinski definition) is 5. The summed E-state index contributed by atoms with van der Waals surface area (Å²) in [6, 6.07) is 14.2. The Hall–Kier alpha value is -3.38. The standard InChI is InChI=1S/C21H13ClN2O4/c1-10-23-19(25)17-15(11-6-2-4-8-13(11)22)16-18(28-20(17)24-10)12-7-3-5-9-14(12)27-21(16)26/h2-9,15H,1H3,(H,23,24,25)/t15-/m1/s1. The van der Waals surface area contributed by atoms with Crippen LogP contribution in [0.1, 0.15) is 28.4 Å². The molecule has 0 aliphatic carbocycles. The molecule has 1 atom stereocenters. The normalized spacial score (nSPS) is 15.0. The first-order valence-electron chi connectivity index (χ1n) is 8.63. The number of ether oxygens (including phenoxy) is 1. The Kier molecular flexibility index (Phi) is 3.64. The van der Waals surface area contributed by atoms with Gasteiger partial charge in [0.2, 0.25) is 5.88 Å². The third-order valence-corrected chi connectivity index (χ3v) is 5.17. The van der Waals surface area contributed by atoms with Crippen molar-refractivity contribution in [3.8, 4) is 11.6 Å². The second kappa shape index (κ2) is 6.07. The van der Waals surface area contributed by atoms with Gasteiger partial charge in [-0.1, -0.05) is 41.9 Å². The van der Waals surface area contributed by atoms with Gasteiger partial charge >= 0.3 is 5.63 Å². The first kappa shape index (κ1) is 16.8. The zero-order valence-electron chi connectivity index (χ0n) is 14.7. The maximum absolute atomic E-state index is 12.9. The highest BCUT2D eigenvalue weighted by Gasteiger charge is 2.37. The van der Waals surface area contributed by atoms with E-state index in [1.165, 1.54) is 0 Å². The van der Waals surface area contributed by atoms with Crippen molar-refractivity contribution < 1.29 is 9.15 Å². The second-order valence-corrected chi connectivity index (χ2v) is 6.96. The van der Waals surface area contributed by atoms with Crippen molar-refractivity contribution in [2.24, 2.45) is 0 Å². The van der Waals surface area contributed by atoms with Crippen molar-refractivity contribution in [1.29, 1.82) is 0 Å². The summed E-state index contributed by atoms with van der Waals surface area (Å²) >= 11 is 6.44. The van der Waals surface area contributed by atoms with Crippen LogP contribution in [0.15, 0.2) is 62.5 Å². The Morgan fingerprint density at radius 2 is 1.79 bits per heavy atom. The van der Waals surface area contributed by atoms with Gasteiger partial charge in [0.15, 0.2) is 5.75 Å². The molecule has 0 unspecified atom stereocenters. The summed E-state index contributed by atoms with van der Waals surface area (Å²) in [5.74, 6) is 0.152. The minimum Gasteiger partial charge on any atom is -0.437 e. The lowest BCUT2D eigenvalue weighted by atomic mass is 9.84. The van der Waals surface area contributed by atoms with Crippen LogP contribution in [0.3, 0.4) is 0 Å². The van der Waals surface area contributed by atoms with Crippen LogP contribution in [0.5, 0.6) is 11.6 Å². The zero-order valence-corrected chi connectivity index (χ0v) is 15.4. The maximum Gasteiger partial charge on any atom is 0.344 e. The van der Waals surface area contributed by atoms with E-state index in [0.29, 0.717) is 33.1 Å². The van der Waals surface area contributed by atoms with Gasteiger partial charge in [-0.3, -0.25) is 4.79 Å². The Bertz CT molecular complexity index is 1370. The highest BCUT2D eigenvalue weighted by Crippen LogP contribution is 2.47. The van der Waals surface area contributed by atoms with Crippen molar-refractivity contribution in [2.75, 3.05) is 0 Å². The summed E-state index contributed by atoms with van der Waals surface area (Å²) in [4.78, 5) is 32.8. The topological polar surface area (TPSA) is 85.2 Å². The van der Waals surface area contributed by atoms with E-state index in [0.717, 1.165) is 0 Å². The molecule has 0 saturated heterocycles. The zero-order chi connectivity index (χ0) is 19.4. The van der Waals surface area contributed by atoms with E-state index in [9.17, 15) is 9.59 Å². The third kappa shape index (κ3) is 2.38. The van der Waals surface area contributed by atoms with E-state index in [4.69, 9.17) is 20.8 Å². The molecule has 2 aromatic carbocycles. The molecule has 28 heavy (non-hydrogen) atoms. The molecule has 1 N–H and O–H groups in total. The molecule has 3 heterocycles. The number of nitrogens with zero attached hydrogens (tertiary/aromatic N) is 1. The van der Waals surface area contributed by atoms with Crippen LogP contribution in [-0.4, -0.2) is 9.97 Å². The number of hydrogen-bond donors (Lipinski definition) is 1. The first-order valence-corrected chi connectivity index (χ1v) is 9.01. The molecule has 2 aromatic heterocycles. The van der Waals surface area contributed by atoms with Crippen LogP contribution in [0.25, 0.3) is 11.0 Å². The van der Waals surface area contributed by atoms with E-state index in [2.05, 4.69) is 9.97 Å². The lowest BCUT2D eigenvalue weighted by Gasteiger charge is -2.27. The minimum absolute atomic E-state index is 0.162. The molecule has 0 radical (unpaired) electrons. The largest absolute Gasteiger partial charge is 0.437 e. The van der Waals surface area contributed by atoms with E-state index in [-0.39, 0.29) is 22.6 Å². The number of halogens is 1. The number of aryl methyl sites for hydroxylation is 1. The van der Waals surface area contributed by atoms with Gasteiger partial charge in [0.25, 0.3) is 5.56 Å². The maximum atomic E-state index is 12.9. The third-order valence-electron chi connectivity index (χ3n) is 4.83. The fourth-order valence-corrected chi connectivity index (χ4v) is 3.90. The lowest BCUT2D eigenvalue weighted by molar-refractivity contribution is 0.419. The van der Waals surface area contributed by atoms with Crippen LogP contribution < -0.4 is 15.9 Å². The summed E-state index contributed by atoms with van der Waals surface area (Å²) in [7, 11) is 0. The van der Waals surface area contributed by atoms with Crippen LogP contribution in [0.4, 0.5) is 0 Å². The SMILES string of the molecule is Cc1nc2c(c(=O)[nH]1)[C@H](c1ccccc1Cl)c1c(c3ccccc3oc1=O)O2. The number of para-hydroxylation sites is 1. The molecule has 7 heteroatoms. The molecule has 6 nitrogen and oxygen atoms in total. The molecule has 0 saturated carbocycles. The minimum atomic E-state index is -0.759.